The second-order valence-electron chi connectivity index (χ2n) is 4.39. The molecule has 0 aliphatic rings. The number of hydrogen-bond acceptors (Lipinski definition) is 3. The van der Waals surface area contributed by atoms with Gasteiger partial charge in [-0.3, -0.25) is 4.79 Å². The summed E-state index contributed by atoms with van der Waals surface area (Å²) in [5, 5.41) is 2.15. The van der Waals surface area contributed by atoms with Gasteiger partial charge in [-0.1, -0.05) is 0 Å². The molecule has 0 spiro atoms. The van der Waals surface area contributed by atoms with Gasteiger partial charge in [-0.2, -0.15) is 0 Å². The number of sulfone groups is 1. The number of hydrogen-bond donors (Lipinski definition) is 1. The summed E-state index contributed by atoms with van der Waals surface area (Å²) in [6.45, 7) is 0. The second kappa shape index (κ2) is 6.18. The Labute approximate surface area is 124 Å². The maximum absolute atomic E-state index is 13.0. The number of carbonyl (C=O) groups is 1. The van der Waals surface area contributed by atoms with Crippen molar-refractivity contribution in [3.05, 3.63) is 59.9 Å². The molecule has 0 aliphatic carbocycles. The van der Waals surface area contributed by atoms with Crippen molar-refractivity contribution in [3.63, 3.8) is 0 Å². The van der Waals surface area contributed by atoms with Gasteiger partial charge < -0.3 is 5.32 Å². The minimum Gasteiger partial charge on any atom is -0.325 e. The lowest BCUT2D eigenvalue weighted by molar-refractivity contribution is -0.113. The molecule has 1 amide bonds. The van der Waals surface area contributed by atoms with E-state index in [1.165, 1.54) is 0 Å². The van der Waals surface area contributed by atoms with Crippen LogP contribution in [-0.2, 0) is 14.6 Å². The van der Waals surface area contributed by atoms with E-state index in [1.807, 2.05) is 0 Å². The molecule has 0 bridgehead atoms. The molecule has 2 aromatic carbocycles. The number of benzene rings is 2. The van der Waals surface area contributed by atoms with E-state index in [0.29, 0.717) is 0 Å². The summed E-state index contributed by atoms with van der Waals surface area (Å²) in [5.41, 5.74) is -0.0711. The van der Waals surface area contributed by atoms with Crippen molar-refractivity contribution < 1.29 is 26.4 Å². The third-order valence-electron chi connectivity index (χ3n) is 2.70. The van der Waals surface area contributed by atoms with Crippen LogP contribution in [0.15, 0.2) is 47.4 Å². The van der Waals surface area contributed by atoms with Crippen LogP contribution >= 0.6 is 0 Å². The molecule has 0 saturated carbocycles. The molecule has 0 atom stereocenters. The Morgan fingerprint density at radius 1 is 0.955 bits per heavy atom. The molecule has 0 heterocycles. The molecule has 116 valence electrons. The molecule has 4 nitrogen and oxygen atoms in total. The first-order chi connectivity index (χ1) is 10.3. The monoisotopic (exact) mass is 329 g/mol. The molecule has 22 heavy (non-hydrogen) atoms. The third kappa shape index (κ3) is 3.85. The lowest BCUT2D eigenvalue weighted by Gasteiger charge is -2.07. The van der Waals surface area contributed by atoms with E-state index in [4.69, 9.17) is 0 Å². The first kappa shape index (κ1) is 16.0. The molecule has 0 radical (unpaired) electrons. The number of anilines is 1. The van der Waals surface area contributed by atoms with Crippen LogP contribution in [0, 0.1) is 17.5 Å². The Kier molecular flexibility index (Phi) is 4.51. The molecule has 0 fully saturated rings. The van der Waals surface area contributed by atoms with E-state index >= 15 is 0 Å². The molecular formula is C14H10F3NO3S. The standard InChI is InChI=1S/C14H10F3NO3S/c15-9-1-4-11(5-2-9)22(20,21)8-14(19)18-10-3-6-12(16)13(17)7-10/h1-7H,8H2,(H,18,19). The summed E-state index contributed by atoms with van der Waals surface area (Å²) >= 11 is 0. The molecule has 0 unspecified atom stereocenters. The fourth-order valence-electron chi connectivity index (χ4n) is 1.67. The molecule has 0 saturated heterocycles. The Morgan fingerprint density at radius 2 is 1.59 bits per heavy atom. The molecule has 0 aromatic heterocycles. The molecule has 2 aromatic rings. The van der Waals surface area contributed by atoms with E-state index in [0.717, 1.165) is 42.5 Å². The number of carbonyl (C=O) groups excluding carboxylic acids is 1. The van der Waals surface area contributed by atoms with Crippen molar-refractivity contribution in [2.75, 3.05) is 11.1 Å². The summed E-state index contributed by atoms with van der Waals surface area (Å²) in [7, 11) is -3.96. The van der Waals surface area contributed by atoms with Crippen LogP contribution in [0.25, 0.3) is 0 Å². The van der Waals surface area contributed by atoms with Gasteiger partial charge in [-0.15, -0.1) is 0 Å². The first-order valence-corrected chi connectivity index (χ1v) is 7.66. The van der Waals surface area contributed by atoms with Crippen LogP contribution in [0.3, 0.4) is 0 Å². The summed E-state index contributed by atoms with van der Waals surface area (Å²) in [6.07, 6.45) is 0. The van der Waals surface area contributed by atoms with Crippen molar-refractivity contribution in [3.8, 4) is 0 Å². The number of nitrogens with one attached hydrogen (secondary N) is 1. The van der Waals surface area contributed by atoms with Crippen LogP contribution in [0.2, 0.25) is 0 Å². The summed E-state index contributed by atoms with van der Waals surface area (Å²) < 4.78 is 62.4. The maximum Gasteiger partial charge on any atom is 0.239 e. The number of rotatable bonds is 4. The highest BCUT2D eigenvalue weighted by atomic mass is 32.2. The van der Waals surface area contributed by atoms with Gasteiger partial charge in [-0.05, 0) is 36.4 Å². The fraction of sp³-hybridized carbons (Fsp3) is 0.0714. The lowest BCUT2D eigenvalue weighted by atomic mass is 10.3. The Bertz CT molecular complexity index is 805. The first-order valence-electron chi connectivity index (χ1n) is 6.01. The normalized spacial score (nSPS) is 11.2. The van der Waals surface area contributed by atoms with Gasteiger partial charge in [0.05, 0.1) is 4.90 Å². The van der Waals surface area contributed by atoms with Crippen LogP contribution in [0.4, 0.5) is 18.9 Å². The van der Waals surface area contributed by atoms with Crippen LogP contribution in [0.1, 0.15) is 0 Å². The smallest absolute Gasteiger partial charge is 0.239 e. The van der Waals surface area contributed by atoms with Crippen molar-refractivity contribution in [2.24, 2.45) is 0 Å². The number of amides is 1. The SMILES string of the molecule is O=C(CS(=O)(=O)c1ccc(F)cc1)Nc1ccc(F)c(F)c1. The van der Waals surface area contributed by atoms with E-state index in [-0.39, 0.29) is 10.6 Å². The van der Waals surface area contributed by atoms with Crippen molar-refractivity contribution in [2.45, 2.75) is 4.90 Å². The van der Waals surface area contributed by atoms with Gasteiger partial charge in [-0.25, -0.2) is 21.6 Å². The highest BCUT2D eigenvalue weighted by Gasteiger charge is 2.19. The predicted molar refractivity (Wildman–Crippen MR) is 73.4 cm³/mol. The zero-order valence-corrected chi connectivity index (χ0v) is 11.8. The minimum atomic E-state index is -3.96. The summed E-state index contributed by atoms with van der Waals surface area (Å²) in [5.74, 6) is -4.69. The number of halogens is 3. The topological polar surface area (TPSA) is 63.2 Å². The largest absolute Gasteiger partial charge is 0.325 e. The zero-order valence-electron chi connectivity index (χ0n) is 11.0. The quantitative estimate of drug-likeness (QED) is 0.877. The van der Waals surface area contributed by atoms with E-state index in [2.05, 4.69) is 5.32 Å². The molecule has 2 rings (SSSR count). The average Bonchev–Trinajstić information content (AvgIpc) is 2.42. The van der Waals surface area contributed by atoms with Gasteiger partial charge >= 0.3 is 0 Å². The average molecular weight is 329 g/mol. The summed E-state index contributed by atoms with van der Waals surface area (Å²) in [6, 6.07) is 6.63. The van der Waals surface area contributed by atoms with Gasteiger partial charge in [0, 0.05) is 11.8 Å². The Hall–Kier alpha value is -2.35. The van der Waals surface area contributed by atoms with E-state index in [9.17, 15) is 26.4 Å². The maximum atomic E-state index is 13.0. The highest BCUT2D eigenvalue weighted by Crippen LogP contribution is 2.15. The van der Waals surface area contributed by atoms with E-state index in [1.54, 1.807) is 0 Å². The Morgan fingerprint density at radius 3 is 2.18 bits per heavy atom. The lowest BCUT2D eigenvalue weighted by Crippen LogP contribution is -2.23. The predicted octanol–water partition coefficient (Wildman–Crippen LogP) is 2.52. The minimum absolute atomic E-state index is 0.0711. The highest BCUT2D eigenvalue weighted by molar-refractivity contribution is 7.92. The van der Waals surface area contributed by atoms with E-state index < -0.39 is 38.9 Å². The molecule has 1 N–H and O–H groups in total. The zero-order chi connectivity index (χ0) is 16.3. The van der Waals surface area contributed by atoms with Crippen molar-refractivity contribution in [1.82, 2.24) is 0 Å². The molecular weight excluding hydrogens is 319 g/mol. The molecule has 0 aliphatic heterocycles. The van der Waals surface area contributed by atoms with Gasteiger partial charge in [0.25, 0.3) is 0 Å². The summed E-state index contributed by atoms with van der Waals surface area (Å²) in [4.78, 5) is 11.5. The second-order valence-corrected chi connectivity index (χ2v) is 6.38. The van der Waals surface area contributed by atoms with Gasteiger partial charge in [0.15, 0.2) is 21.5 Å². The fourth-order valence-corrected chi connectivity index (χ4v) is 2.80. The van der Waals surface area contributed by atoms with Crippen LogP contribution in [-0.4, -0.2) is 20.1 Å². The molecule has 8 heteroatoms. The third-order valence-corrected chi connectivity index (χ3v) is 4.33. The van der Waals surface area contributed by atoms with Gasteiger partial charge in [0.1, 0.15) is 11.6 Å². The van der Waals surface area contributed by atoms with Crippen LogP contribution in [0.5, 0.6) is 0 Å². The Balaban J connectivity index is 2.10. The van der Waals surface area contributed by atoms with Crippen molar-refractivity contribution in [1.29, 1.82) is 0 Å². The van der Waals surface area contributed by atoms with Crippen LogP contribution < -0.4 is 5.32 Å². The van der Waals surface area contributed by atoms with Gasteiger partial charge in [0.2, 0.25) is 5.91 Å². The van der Waals surface area contributed by atoms with Crippen molar-refractivity contribution >= 4 is 21.4 Å².